The van der Waals surface area contributed by atoms with Crippen LogP contribution in [0, 0.1) is 6.92 Å². The van der Waals surface area contributed by atoms with Crippen LogP contribution in [0.1, 0.15) is 23.1 Å². The fourth-order valence-corrected chi connectivity index (χ4v) is 2.06. The van der Waals surface area contributed by atoms with Crippen LogP contribution in [0.4, 0.5) is 0 Å². The number of aryl methyl sites for hydroxylation is 1. The van der Waals surface area contributed by atoms with Gasteiger partial charge in [-0.25, -0.2) is 0 Å². The molecular formula is C15H14N2O. The Morgan fingerprint density at radius 1 is 1.17 bits per heavy atom. The van der Waals surface area contributed by atoms with Crippen molar-refractivity contribution >= 4 is 10.9 Å². The zero-order chi connectivity index (χ0) is 12.5. The van der Waals surface area contributed by atoms with E-state index in [0.717, 1.165) is 28.0 Å². The predicted molar refractivity (Wildman–Crippen MR) is 71.2 cm³/mol. The maximum absolute atomic E-state index is 6.20. The van der Waals surface area contributed by atoms with E-state index in [4.69, 9.17) is 10.2 Å². The molecule has 0 spiro atoms. The summed E-state index contributed by atoms with van der Waals surface area (Å²) in [7, 11) is 0. The third-order valence-electron chi connectivity index (χ3n) is 3.06. The van der Waals surface area contributed by atoms with Crippen molar-refractivity contribution in [1.82, 2.24) is 4.98 Å². The van der Waals surface area contributed by atoms with Crippen molar-refractivity contribution in [3.63, 3.8) is 0 Å². The van der Waals surface area contributed by atoms with Gasteiger partial charge in [0.1, 0.15) is 11.5 Å². The van der Waals surface area contributed by atoms with E-state index in [1.54, 1.807) is 6.20 Å². The Kier molecular flexibility index (Phi) is 2.61. The lowest BCUT2D eigenvalue weighted by Gasteiger charge is -2.10. The van der Waals surface area contributed by atoms with E-state index < -0.39 is 0 Å². The second kappa shape index (κ2) is 4.27. The zero-order valence-corrected chi connectivity index (χ0v) is 10.1. The molecule has 0 aliphatic heterocycles. The molecule has 0 saturated heterocycles. The summed E-state index contributed by atoms with van der Waals surface area (Å²) in [6.45, 7) is 1.91. The summed E-state index contributed by atoms with van der Waals surface area (Å²) in [6.07, 6.45) is 1.79. The van der Waals surface area contributed by atoms with Gasteiger partial charge < -0.3 is 10.2 Å². The number of hydrogen-bond donors (Lipinski definition) is 1. The van der Waals surface area contributed by atoms with E-state index in [-0.39, 0.29) is 6.04 Å². The minimum atomic E-state index is -0.245. The van der Waals surface area contributed by atoms with Gasteiger partial charge in [0.25, 0.3) is 0 Å². The molecule has 1 unspecified atom stereocenters. The van der Waals surface area contributed by atoms with Gasteiger partial charge in [-0.1, -0.05) is 18.2 Å². The number of pyridine rings is 1. The minimum Gasteiger partial charge on any atom is -0.464 e. The highest BCUT2D eigenvalue weighted by Gasteiger charge is 2.13. The summed E-state index contributed by atoms with van der Waals surface area (Å²) in [5, 5.41) is 1.11. The molecule has 0 radical (unpaired) electrons. The number of furan rings is 1. The van der Waals surface area contributed by atoms with Crippen LogP contribution in [-0.4, -0.2) is 4.98 Å². The van der Waals surface area contributed by atoms with Gasteiger partial charge in [-0.3, -0.25) is 4.98 Å². The second-order valence-corrected chi connectivity index (χ2v) is 4.38. The van der Waals surface area contributed by atoms with Crippen molar-refractivity contribution in [1.29, 1.82) is 0 Å². The first-order valence-corrected chi connectivity index (χ1v) is 5.90. The summed E-state index contributed by atoms with van der Waals surface area (Å²) in [4.78, 5) is 4.34. The first-order chi connectivity index (χ1) is 8.74. The topological polar surface area (TPSA) is 52.0 Å². The van der Waals surface area contributed by atoms with Gasteiger partial charge in [0, 0.05) is 11.6 Å². The van der Waals surface area contributed by atoms with Gasteiger partial charge in [0.05, 0.1) is 11.6 Å². The summed E-state index contributed by atoms with van der Waals surface area (Å²) in [5.41, 5.74) is 8.16. The number of hydrogen-bond acceptors (Lipinski definition) is 3. The fourth-order valence-electron chi connectivity index (χ4n) is 2.06. The van der Waals surface area contributed by atoms with Crippen molar-refractivity contribution in [2.24, 2.45) is 5.73 Å². The molecule has 3 aromatic rings. The molecule has 0 aliphatic carbocycles. The van der Waals surface area contributed by atoms with E-state index in [2.05, 4.69) is 4.98 Å². The molecule has 1 aromatic carbocycles. The molecule has 90 valence electrons. The highest BCUT2D eigenvalue weighted by molar-refractivity contribution is 5.79. The molecule has 0 fully saturated rings. The second-order valence-electron chi connectivity index (χ2n) is 4.38. The lowest BCUT2D eigenvalue weighted by Crippen LogP contribution is -2.10. The lowest BCUT2D eigenvalue weighted by molar-refractivity contribution is 0.466. The summed E-state index contributed by atoms with van der Waals surface area (Å²) < 4.78 is 5.57. The van der Waals surface area contributed by atoms with Crippen LogP contribution in [-0.2, 0) is 0 Å². The molecule has 3 heteroatoms. The third-order valence-corrected chi connectivity index (χ3v) is 3.06. The maximum Gasteiger partial charge on any atom is 0.125 e. The van der Waals surface area contributed by atoms with Gasteiger partial charge >= 0.3 is 0 Å². The molecule has 2 N–H and O–H groups in total. The predicted octanol–water partition coefficient (Wildman–Crippen LogP) is 3.18. The molecule has 0 bridgehead atoms. The largest absolute Gasteiger partial charge is 0.464 e. The number of rotatable bonds is 2. The zero-order valence-electron chi connectivity index (χ0n) is 10.1. The Bertz CT molecular complexity index is 688. The monoisotopic (exact) mass is 238 g/mol. The highest BCUT2D eigenvalue weighted by Crippen LogP contribution is 2.24. The normalized spacial score (nSPS) is 12.8. The average molecular weight is 238 g/mol. The van der Waals surface area contributed by atoms with Crippen molar-refractivity contribution in [2.45, 2.75) is 13.0 Å². The van der Waals surface area contributed by atoms with Crippen LogP contribution in [0.2, 0.25) is 0 Å². The molecule has 1 atom stereocenters. The van der Waals surface area contributed by atoms with Crippen LogP contribution >= 0.6 is 0 Å². The van der Waals surface area contributed by atoms with E-state index in [0.29, 0.717) is 0 Å². The number of nitrogens with two attached hydrogens (primary N) is 1. The molecule has 0 amide bonds. The Balaban J connectivity index is 2.03. The first-order valence-electron chi connectivity index (χ1n) is 5.90. The number of benzene rings is 1. The van der Waals surface area contributed by atoms with E-state index in [1.165, 1.54) is 0 Å². The molecule has 3 nitrogen and oxygen atoms in total. The van der Waals surface area contributed by atoms with Crippen LogP contribution in [0.25, 0.3) is 10.9 Å². The van der Waals surface area contributed by atoms with Gasteiger partial charge in [0.2, 0.25) is 0 Å². The van der Waals surface area contributed by atoms with Gasteiger partial charge in [-0.2, -0.15) is 0 Å². The van der Waals surface area contributed by atoms with Crippen molar-refractivity contribution in [3.8, 4) is 0 Å². The van der Waals surface area contributed by atoms with Crippen molar-refractivity contribution < 1.29 is 4.42 Å². The first kappa shape index (κ1) is 11.0. The Morgan fingerprint density at radius 2 is 2.06 bits per heavy atom. The molecule has 2 heterocycles. The van der Waals surface area contributed by atoms with Crippen LogP contribution < -0.4 is 5.73 Å². The van der Waals surface area contributed by atoms with E-state index in [1.807, 2.05) is 49.4 Å². The quantitative estimate of drug-likeness (QED) is 0.746. The van der Waals surface area contributed by atoms with Crippen LogP contribution in [0.3, 0.4) is 0 Å². The summed E-state index contributed by atoms with van der Waals surface area (Å²) >= 11 is 0. The van der Waals surface area contributed by atoms with Crippen molar-refractivity contribution in [2.75, 3.05) is 0 Å². The Morgan fingerprint density at radius 3 is 2.83 bits per heavy atom. The average Bonchev–Trinajstić information content (AvgIpc) is 2.84. The molecule has 3 rings (SSSR count). The van der Waals surface area contributed by atoms with Gasteiger partial charge in [-0.05, 0) is 36.8 Å². The third kappa shape index (κ3) is 1.89. The Labute approximate surface area is 105 Å². The number of nitrogens with zero attached hydrogens (tertiary/aromatic N) is 1. The summed E-state index contributed by atoms with van der Waals surface area (Å²) in [5.74, 6) is 1.65. The van der Waals surface area contributed by atoms with Crippen molar-refractivity contribution in [3.05, 3.63) is 65.7 Å². The molecule has 0 saturated carbocycles. The van der Waals surface area contributed by atoms with Crippen LogP contribution in [0.15, 0.2) is 53.1 Å². The van der Waals surface area contributed by atoms with Gasteiger partial charge in [0.15, 0.2) is 0 Å². The summed E-state index contributed by atoms with van der Waals surface area (Å²) in [6, 6.07) is 13.6. The van der Waals surface area contributed by atoms with Gasteiger partial charge in [-0.15, -0.1) is 0 Å². The SMILES string of the molecule is Cc1ccc(C(N)c2ccc3cccnc3c2)o1. The number of fused-ring (bicyclic) bond motifs is 1. The number of aromatic nitrogens is 1. The Hall–Kier alpha value is -2.13. The minimum absolute atomic E-state index is 0.245. The van der Waals surface area contributed by atoms with Crippen LogP contribution in [0.5, 0.6) is 0 Å². The van der Waals surface area contributed by atoms with E-state index in [9.17, 15) is 0 Å². The highest BCUT2D eigenvalue weighted by atomic mass is 16.3. The lowest BCUT2D eigenvalue weighted by atomic mass is 10.0. The van der Waals surface area contributed by atoms with E-state index >= 15 is 0 Å². The molecule has 0 aliphatic rings. The fraction of sp³-hybridized carbons (Fsp3) is 0.133. The smallest absolute Gasteiger partial charge is 0.125 e. The molecular weight excluding hydrogens is 224 g/mol. The molecule has 2 aromatic heterocycles. The maximum atomic E-state index is 6.20. The standard InChI is InChI=1S/C15H14N2O/c1-10-4-7-14(18-10)15(16)12-6-5-11-3-2-8-17-13(11)9-12/h2-9,15H,16H2,1H3. The molecule has 18 heavy (non-hydrogen) atoms.